The molecule has 4 aromatic rings. The first-order valence-corrected chi connectivity index (χ1v) is 11.4. The molecule has 0 atom stereocenters. The van der Waals surface area contributed by atoms with Crippen LogP contribution in [-0.2, 0) is 12.8 Å². The first-order chi connectivity index (χ1) is 16.4. The largest absolute Gasteiger partial charge is 0.506 e. The number of ether oxygens (including phenoxy) is 1. The molecule has 3 aromatic carbocycles. The minimum Gasteiger partial charge on any atom is -0.506 e. The zero-order valence-corrected chi connectivity index (χ0v) is 19.6. The van der Waals surface area contributed by atoms with Crippen LogP contribution in [0.2, 0.25) is 0 Å². The molecule has 0 radical (unpaired) electrons. The molecule has 0 unspecified atom stereocenters. The Hall–Kier alpha value is -3.93. The lowest BCUT2D eigenvalue weighted by Gasteiger charge is -2.10. The van der Waals surface area contributed by atoms with Crippen molar-refractivity contribution in [3.05, 3.63) is 82.6 Å². The maximum Gasteiger partial charge on any atom is 0.197 e. The van der Waals surface area contributed by atoms with Crippen molar-refractivity contribution in [2.45, 2.75) is 33.1 Å². The number of phenolic OH excluding ortho intramolecular Hbond substituents is 2. The zero-order chi connectivity index (χ0) is 24.2. The highest BCUT2D eigenvalue weighted by atomic mass is 16.5. The summed E-state index contributed by atoms with van der Waals surface area (Å²) in [6.45, 7) is 4.16. The number of aryl methyl sites for hydroxylation is 2. The summed E-state index contributed by atoms with van der Waals surface area (Å²) in [5.41, 5.74) is 3.56. The Morgan fingerprint density at radius 2 is 1.82 bits per heavy atom. The average Bonchev–Trinajstić information content (AvgIpc) is 3.17. The predicted octanol–water partition coefficient (Wildman–Crippen LogP) is 6.00. The number of rotatable bonds is 9. The summed E-state index contributed by atoms with van der Waals surface area (Å²) < 4.78 is 11.9. The van der Waals surface area contributed by atoms with Crippen LogP contribution in [0, 0.1) is 6.92 Å². The summed E-state index contributed by atoms with van der Waals surface area (Å²) in [6.07, 6.45) is 2.08. The molecule has 4 rings (SSSR count). The second-order valence-corrected chi connectivity index (χ2v) is 8.32. The molecular formula is C28H29NO5. The molecule has 176 valence electrons. The Kier molecular flexibility index (Phi) is 6.77. The quantitative estimate of drug-likeness (QED) is 0.210. The lowest BCUT2D eigenvalue weighted by Crippen LogP contribution is -2.06. The van der Waals surface area contributed by atoms with Gasteiger partial charge in [-0.25, -0.2) is 0 Å². The van der Waals surface area contributed by atoms with Gasteiger partial charge in [-0.15, -0.1) is 0 Å². The Morgan fingerprint density at radius 3 is 2.53 bits per heavy atom. The third-order valence-corrected chi connectivity index (χ3v) is 5.87. The van der Waals surface area contributed by atoms with E-state index >= 15 is 0 Å². The number of phenols is 2. The van der Waals surface area contributed by atoms with Crippen LogP contribution in [-0.4, -0.2) is 29.7 Å². The van der Waals surface area contributed by atoms with E-state index in [0.29, 0.717) is 64.3 Å². The van der Waals surface area contributed by atoms with Crippen LogP contribution in [0.4, 0.5) is 5.69 Å². The number of hydrogen-bond acceptors (Lipinski definition) is 6. The Morgan fingerprint density at radius 1 is 1.06 bits per heavy atom. The number of anilines is 1. The number of benzene rings is 3. The van der Waals surface area contributed by atoms with E-state index in [4.69, 9.17) is 9.15 Å². The minimum atomic E-state index is -0.223. The molecule has 0 spiro atoms. The molecule has 1 heterocycles. The molecule has 1 aromatic heterocycles. The van der Waals surface area contributed by atoms with Crippen molar-refractivity contribution in [1.29, 1.82) is 0 Å². The van der Waals surface area contributed by atoms with Crippen molar-refractivity contribution < 1.29 is 24.2 Å². The highest BCUT2D eigenvalue weighted by Gasteiger charge is 2.24. The van der Waals surface area contributed by atoms with Gasteiger partial charge in [0.05, 0.1) is 17.9 Å². The lowest BCUT2D eigenvalue weighted by atomic mass is 9.96. The third-order valence-electron chi connectivity index (χ3n) is 5.87. The zero-order valence-electron chi connectivity index (χ0n) is 19.6. The second-order valence-electron chi connectivity index (χ2n) is 8.32. The number of nitrogens with one attached hydrogen (secondary N) is 1. The van der Waals surface area contributed by atoms with Crippen LogP contribution < -0.4 is 10.1 Å². The number of fused-ring (bicyclic) bond motifs is 1. The van der Waals surface area contributed by atoms with Crippen molar-refractivity contribution in [1.82, 2.24) is 0 Å². The van der Waals surface area contributed by atoms with Gasteiger partial charge in [0.2, 0.25) is 0 Å². The summed E-state index contributed by atoms with van der Waals surface area (Å²) >= 11 is 0. The third kappa shape index (κ3) is 4.57. The summed E-state index contributed by atoms with van der Waals surface area (Å²) in [6, 6.07) is 16.4. The molecule has 0 saturated carbocycles. The van der Waals surface area contributed by atoms with Crippen LogP contribution in [0.3, 0.4) is 0 Å². The smallest absolute Gasteiger partial charge is 0.197 e. The van der Waals surface area contributed by atoms with Crippen molar-refractivity contribution in [3.8, 4) is 17.2 Å². The van der Waals surface area contributed by atoms with Gasteiger partial charge in [-0.3, -0.25) is 4.79 Å². The molecule has 0 aliphatic heterocycles. The van der Waals surface area contributed by atoms with Crippen molar-refractivity contribution in [2.75, 3.05) is 19.0 Å². The molecule has 3 N–H and O–H groups in total. The van der Waals surface area contributed by atoms with Gasteiger partial charge < -0.3 is 24.7 Å². The van der Waals surface area contributed by atoms with Crippen LogP contribution >= 0.6 is 0 Å². The predicted molar refractivity (Wildman–Crippen MR) is 133 cm³/mol. The maximum absolute atomic E-state index is 13.6. The van der Waals surface area contributed by atoms with Crippen molar-refractivity contribution in [3.63, 3.8) is 0 Å². The summed E-state index contributed by atoms with van der Waals surface area (Å²) in [5.74, 6) is 0.729. The summed E-state index contributed by atoms with van der Waals surface area (Å²) in [4.78, 5) is 13.6. The highest BCUT2D eigenvalue weighted by molar-refractivity contribution is 6.17. The second kappa shape index (κ2) is 9.91. The van der Waals surface area contributed by atoms with Gasteiger partial charge in [-0.2, -0.15) is 0 Å². The van der Waals surface area contributed by atoms with Crippen LogP contribution in [0.5, 0.6) is 17.2 Å². The van der Waals surface area contributed by atoms with E-state index in [1.165, 1.54) is 6.07 Å². The van der Waals surface area contributed by atoms with E-state index < -0.39 is 0 Å². The fourth-order valence-corrected chi connectivity index (χ4v) is 4.10. The minimum absolute atomic E-state index is 0.0451. The molecule has 6 heteroatoms. The van der Waals surface area contributed by atoms with E-state index in [1.54, 1.807) is 32.2 Å². The molecule has 34 heavy (non-hydrogen) atoms. The molecule has 0 bridgehead atoms. The number of carbonyl (C=O) groups excluding carboxylic acids is 1. The van der Waals surface area contributed by atoms with Gasteiger partial charge in [-0.05, 0) is 42.7 Å². The molecule has 0 amide bonds. The van der Waals surface area contributed by atoms with Gasteiger partial charge in [0, 0.05) is 36.9 Å². The Balaban J connectivity index is 1.69. The molecule has 0 saturated heterocycles. The maximum atomic E-state index is 13.6. The Labute approximate surface area is 198 Å². The van der Waals surface area contributed by atoms with Gasteiger partial charge >= 0.3 is 0 Å². The Bertz CT molecular complexity index is 1320. The van der Waals surface area contributed by atoms with Gasteiger partial charge in [0.25, 0.3) is 0 Å². The van der Waals surface area contributed by atoms with Gasteiger partial charge in [0.1, 0.15) is 17.1 Å². The summed E-state index contributed by atoms with van der Waals surface area (Å²) in [5, 5.41) is 24.3. The average molecular weight is 460 g/mol. The van der Waals surface area contributed by atoms with Gasteiger partial charge in [0.15, 0.2) is 17.3 Å². The van der Waals surface area contributed by atoms with Crippen molar-refractivity contribution >= 4 is 22.4 Å². The van der Waals surface area contributed by atoms with E-state index in [9.17, 15) is 15.0 Å². The molecule has 0 fully saturated rings. The van der Waals surface area contributed by atoms with E-state index in [1.807, 2.05) is 37.3 Å². The van der Waals surface area contributed by atoms with E-state index in [2.05, 4.69) is 5.32 Å². The fraction of sp³-hybridized carbons (Fsp3) is 0.250. The lowest BCUT2D eigenvalue weighted by molar-refractivity contribution is 0.103. The van der Waals surface area contributed by atoms with Crippen molar-refractivity contribution in [2.24, 2.45) is 0 Å². The molecule has 6 nitrogen and oxygen atoms in total. The van der Waals surface area contributed by atoms with E-state index in [-0.39, 0.29) is 17.3 Å². The number of furan rings is 1. The number of hydrogen-bond donors (Lipinski definition) is 3. The number of aromatic hydroxyl groups is 2. The monoisotopic (exact) mass is 459 g/mol. The topological polar surface area (TPSA) is 91.9 Å². The number of ketones is 1. The molecule has 0 aliphatic carbocycles. The SMILES string of the molecule is CCCc1oc2cc(OCCc3ccccc3)c(O)cc2c1C(=O)c1cc(C)c(O)c(NC)c1. The van der Waals surface area contributed by atoms with Gasteiger partial charge in [-0.1, -0.05) is 37.3 Å². The normalized spacial score (nSPS) is 11.0. The summed E-state index contributed by atoms with van der Waals surface area (Å²) in [7, 11) is 1.69. The molecule has 0 aliphatic rings. The first-order valence-electron chi connectivity index (χ1n) is 11.4. The first kappa shape index (κ1) is 23.2. The van der Waals surface area contributed by atoms with Crippen LogP contribution in [0.15, 0.2) is 59.0 Å². The number of carbonyl (C=O) groups is 1. The standard InChI is InChI=1S/C28H29NO5/c1-4-8-23-26(28(32)19-13-17(2)27(31)21(14-19)29-3)20-15-22(30)25(16-24(20)34-23)33-12-11-18-9-6-5-7-10-18/h5-7,9-10,13-16,29-31H,4,8,11-12H2,1-3H3. The van der Waals surface area contributed by atoms with Crippen LogP contribution in [0.25, 0.3) is 11.0 Å². The van der Waals surface area contributed by atoms with Crippen LogP contribution in [0.1, 0.15) is 46.2 Å². The highest BCUT2D eigenvalue weighted by Crippen LogP contribution is 2.38. The fourth-order valence-electron chi connectivity index (χ4n) is 4.10. The molecular weight excluding hydrogens is 430 g/mol. The van der Waals surface area contributed by atoms with E-state index in [0.717, 1.165) is 12.0 Å².